The Kier molecular flexibility index (Phi) is 3.77. The lowest BCUT2D eigenvalue weighted by molar-refractivity contribution is -0.384. The first-order valence-electron chi connectivity index (χ1n) is 5.84. The molecule has 112 valence electrons. The molecular weight excluding hydrogens is 295 g/mol. The first kappa shape index (κ1) is 15.0. The third-order valence-electron chi connectivity index (χ3n) is 2.94. The van der Waals surface area contributed by atoms with Gasteiger partial charge in [-0.1, -0.05) is 0 Å². The highest BCUT2D eigenvalue weighted by Crippen LogP contribution is 2.30. The topological polar surface area (TPSA) is 124 Å². The molecule has 0 saturated heterocycles. The summed E-state index contributed by atoms with van der Waals surface area (Å²) in [6.07, 6.45) is 1.15. The number of ether oxygens (including phenoxy) is 1. The quantitative estimate of drug-likeness (QED) is 0.523. The number of carbonyl (C=O) groups excluding carboxylic acids is 1. The van der Waals surface area contributed by atoms with Crippen molar-refractivity contribution in [3.05, 3.63) is 51.6 Å². The fourth-order valence-corrected chi connectivity index (χ4v) is 1.95. The van der Waals surface area contributed by atoms with Crippen molar-refractivity contribution < 1.29 is 18.8 Å². The lowest BCUT2D eigenvalue weighted by Crippen LogP contribution is -2.12. The lowest BCUT2D eigenvalue weighted by Gasteiger charge is -2.09. The number of esters is 1. The minimum absolute atomic E-state index is 0.0565. The van der Waals surface area contributed by atoms with Gasteiger partial charge in [0, 0.05) is 6.20 Å². The number of methoxy groups -OCH3 is 1. The molecule has 0 amide bonds. The minimum atomic E-state index is -0.877. The number of nitrogen functional groups attached to an aromatic ring is 1. The number of carbonyl (C=O) groups is 1. The smallest absolute Gasteiger partial charge is 0.357 e. The molecule has 1 aromatic carbocycles. The number of nitro groups is 1. The lowest BCUT2D eigenvalue weighted by atomic mass is 10.2. The van der Waals surface area contributed by atoms with Crippen molar-refractivity contribution in [2.45, 2.75) is 0 Å². The van der Waals surface area contributed by atoms with Crippen LogP contribution in [0.1, 0.15) is 16.1 Å². The van der Waals surface area contributed by atoms with Crippen LogP contribution in [0.3, 0.4) is 0 Å². The number of hydrogen-bond acceptors (Lipinski definition) is 6. The molecule has 1 aromatic heterocycles. The fraction of sp³-hybridized carbons (Fsp3) is 0.0769. The molecular formula is C13H9FN4O4. The summed E-state index contributed by atoms with van der Waals surface area (Å²) in [5.74, 6) is -1.69. The Bertz CT molecular complexity index is 822. The van der Waals surface area contributed by atoms with E-state index >= 15 is 0 Å². The molecule has 0 saturated carbocycles. The van der Waals surface area contributed by atoms with E-state index in [0.29, 0.717) is 6.07 Å². The SMILES string of the molecule is COC(=O)c1c(N)c(C#N)cn1-c1ccc(F)cc1[N+](=O)[O-]. The van der Waals surface area contributed by atoms with Crippen molar-refractivity contribution in [1.82, 2.24) is 4.57 Å². The molecule has 2 rings (SSSR count). The zero-order valence-electron chi connectivity index (χ0n) is 11.2. The maximum Gasteiger partial charge on any atom is 0.357 e. The number of aromatic nitrogens is 1. The van der Waals surface area contributed by atoms with E-state index in [1.54, 1.807) is 6.07 Å². The molecule has 22 heavy (non-hydrogen) atoms. The summed E-state index contributed by atoms with van der Waals surface area (Å²) >= 11 is 0. The summed E-state index contributed by atoms with van der Waals surface area (Å²) in [5.41, 5.74) is 4.53. The average Bonchev–Trinajstić information content (AvgIpc) is 2.83. The van der Waals surface area contributed by atoms with Crippen LogP contribution in [0.25, 0.3) is 5.69 Å². The molecule has 0 unspecified atom stereocenters. The predicted octanol–water partition coefficient (Wildman–Crippen LogP) is 1.77. The number of anilines is 1. The second-order valence-electron chi connectivity index (χ2n) is 4.17. The highest BCUT2D eigenvalue weighted by molar-refractivity contribution is 5.96. The van der Waals surface area contributed by atoms with Crippen molar-refractivity contribution in [3.8, 4) is 11.8 Å². The van der Waals surface area contributed by atoms with Gasteiger partial charge in [0.2, 0.25) is 0 Å². The fourth-order valence-electron chi connectivity index (χ4n) is 1.95. The van der Waals surface area contributed by atoms with Crippen molar-refractivity contribution in [2.75, 3.05) is 12.8 Å². The average molecular weight is 304 g/mol. The number of nitriles is 1. The van der Waals surface area contributed by atoms with Crippen LogP contribution >= 0.6 is 0 Å². The summed E-state index contributed by atoms with van der Waals surface area (Å²) in [7, 11) is 1.10. The maximum atomic E-state index is 13.2. The summed E-state index contributed by atoms with van der Waals surface area (Å²) in [4.78, 5) is 22.1. The van der Waals surface area contributed by atoms with Gasteiger partial charge in [-0.25, -0.2) is 9.18 Å². The molecule has 0 atom stereocenters. The molecule has 0 aliphatic heterocycles. The third-order valence-corrected chi connectivity index (χ3v) is 2.94. The number of rotatable bonds is 3. The van der Waals surface area contributed by atoms with Crippen LogP contribution in [0.2, 0.25) is 0 Å². The van der Waals surface area contributed by atoms with Gasteiger partial charge in [-0.3, -0.25) is 10.1 Å². The molecule has 0 fully saturated rings. The molecule has 8 nitrogen and oxygen atoms in total. The Morgan fingerprint density at radius 1 is 1.55 bits per heavy atom. The van der Waals surface area contributed by atoms with Crippen LogP contribution < -0.4 is 5.73 Å². The molecule has 0 bridgehead atoms. The van der Waals surface area contributed by atoms with Crippen molar-refractivity contribution in [2.24, 2.45) is 0 Å². The van der Waals surface area contributed by atoms with Crippen LogP contribution in [0.4, 0.5) is 15.8 Å². The van der Waals surface area contributed by atoms with E-state index in [9.17, 15) is 19.3 Å². The first-order valence-corrected chi connectivity index (χ1v) is 5.84. The molecule has 9 heteroatoms. The highest BCUT2D eigenvalue weighted by atomic mass is 19.1. The van der Waals surface area contributed by atoms with Crippen molar-refractivity contribution >= 4 is 17.3 Å². The number of hydrogen-bond donors (Lipinski definition) is 1. The Balaban J connectivity index is 2.81. The summed E-state index contributed by atoms with van der Waals surface area (Å²) in [6, 6.07) is 4.58. The molecule has 0 spiro atoms. The van der Waals surface area contributed by atoms with Crippen LogP contribution in [0, 0.1) is 27.3 Å². The van der Waals surface area contributed by atoms with Gasteiger partial charge in [-0.05, 0) is 12.1 Å². The second kappa shape index (κ2) is 5.53. The van der Waals surface area contributed by atoms with E-state index in [4.69, 9.17) is 11.0 Å². The van der Waals surface area contributed by atoms with Crippen molar-refractivity contribution in [1.29, 1.82) is 5.26 Å². The molecule has 2 aromatic rings. The highest BCUT2D eigenvalue weighted by Gasteiger charge is 2.26. The van der Waals surface area contributed by atoms with Gasteiger partial charge in [-0.15, -0.1) is 0 Å². The van der Waals surface area contributed by atoms with Gasteiger partial charge in [0.25, 0.3) is 5.69 Å². The Morgan fingerprint density at radius 3 is 2.77 bits per heavy atom. The molecule has 0 aliphatic carbocycles. The predicted molar refractivity (Wildman–Crippen MR) is 72.8 cm³/mol. The molecule has 0 aliphatic rings. The van der Waals surface area contributed by atoms with E-state index in [0.717, 1.165) is 30.0 Å². The van der Waals surface area contributed by atoms with Crippen LogP contribution in [0.15, 0.2) is 24.4 Å². The number of nitrogens with two attached hydrogens (primary N) is 1. The molecule has 2 N–H and O–H groups in total. The zero-order valence-corrected chi connectivity index (χ0v) is 11.2. The maximum absolute atomic E-state index is 13.2. The van der Waals surface area contributed by atoms with E-state index < -0.39 is 22.4 Å². The third kappa shape index (κ3) is 2.33. The van der Waals surface area contributed by atoms with Gasteiger partial charge in [-0.2, -0.15) is 5.26 Å². The van der Waals surface area contributed by atoms with Crippen LogP contribution in [-0.2, 0) is 4.74 Å². The van der Waals surface area contributed by atoms with Gasteiger partial charge in [0.15, 0.2) is 5.69 Å². The zero-order chi connectivity index (χ0) is 16.4. The standard InChI is InChI=1S/C13H9FN4O4/c1-22-13(19)12-11(16)7(5-15)6-17(12)9-3-2-8(14)4-10(9)18(20)21/h2-4,6H,16H2,1H3. The van der Waals surface area contributed by atoms with E-state index in [1.165, 1.54) is 0 Å². The first-order chi connectivity index (χ1) is 10.4. The monoisotopic (exact) mass is 304 g/mol. The Hall–Kier alpha value is -3.41. The normalized spacial score (nSPS) is 10.0. The Morgan fingerprint density at radius 2 is 2.23 bits per heavy atom. The molecule has 1 heterocycles. The number of nitrogens with zero attached hydrogens (tertiary/aromatic N) is 3. The van der Waals surface area contributed by atoms with Gasteiger partial charge in [0.1, 0.15) is 17.6 Å². The Labute approximate surface area is 123 Å². The van der Waals surface area contributed by atoms with E-state index in [1.807, 2.05) is 0 Å². The van der Waals surface area contributed by atoms with Crippen LogP contribution in [-0.4, -0.2) is 22.6 Å². The number of benzene rings is 1. The number of halogens is 1. The second-order valence-corrected chi connectivity index (χ2v) is 4.17. The minimum Gasteiger partial charge on any atom is -0.464 e. The molecule has 0 radical (unpaired) electrons. The van der Waals surface area contributed by atoms with Crippen molar-refractivity contribution in [3.63, 3.8) is 0 Å². The summed E-state index contributed by atoms with van der Waals surface area (Å²) in [5, 5.41) is 20.1. The van der Waals surface area contributed by atoms with Gasteiger partial charge < -0.3 is 15.0 Å². The van der Waals surface area contributed by atoms with E-state index in [2.05, 4.69) is 4.74 Å². The van der Waals surface area contributed by atoms with Crippen LogP contribution in [0.5, 0.6) is 0 Å². The van der Waals surface area contributed by atoms with Gasteiger partial charge >= 0.3 is 5.97 Å². The van der Waals surface area contributed by atoms with Gasteiger partial charge in [0.05, 0.1) is 29.4 Å². The van der Waals surface area contributed by atoms with E-state index in [-0.39, 0.29) is 22.6 Å². The largest absolute Gasteiger partial charge is 0.464 e. The summed E-state index contributed by atoms with van der Waals surface area (Å²) in [6.45, 7) is 0. The number of nitro benzene ring substituents is 1. The summed E-state index contributed by atoms with van der Waals surface area (Å²) < 4.78 is 18.8.